The van der Waals surface area contributed by atoms with Crippen LogP contribution in [0.25, 0.3) is 0 Å². The summed E-state index contributed by atoms with van der Waals surface area (Å²) in [4.78, 5) is 37.9. The van der Waals surface area contributed by atoms with Gasteiger partial charge in [0.05, 0.1) is 0 Å². The average Bonchev–Trinajstić information content (AvgIpc) is 3.27. The highest BCUT2D eigenvalue weighted by atomic mass is 19.4. The molecule has 152 valence electrons. The van der Waals surface area contributed by atoms with E-state index in [9.17, 15) is 27.6 Å². The van der Waals surface area contributed by atoms with Gasteiger partial charge in [-0.3, -0.25) is 14.5 Å². The number of ether oxygens (including phenoxy) is 1. The van der Waals surface area contributed by atoms with Crippen LogP contribution < -0.4 is 5.32 Å². The van der Waals surface area contributed by atoms with E-state index in [-0.39, 0.29) is 11.3 Å². The molecule has 0 bridgehead atoms. The third-order valence-corrected chi connectivity index (χ3v) is 5.54. The molecule has 3 fully saturated rings. The molecule has 6 nitrogen and oxygen atoms in total. The van der Waals surface area contributed by atoms with E-state index in [1.54, 1.807) is 0 Å². The van der Waals surface area contributed by atoms with E-state index in [4.69, 9.17) is 0 Å². The molecule has 2 aliphatic carbocycles. The minimum atomic E-state index is -4.65. The van der Waals surface area contributed by atoms with Crippen molar-refractivity contribution < 1.29 is 32.3 Å². The second-order valence-corrected chi connectivity index (χ2v) is 9.05. The Kier molecular flexibility index (Phi) is 4.71. The largest absolute Gasteiger partial charge is 0.451 e. The smallest absolute Gasteiger partial charge is 0.425 e. The normalized spacial score (nSPS) is 31.8. The lowest BCUT2D eigenvalue weighted by atomic mass is 9.64. The average molecular weight is 390 g/mol. The molecule has 27 heavy (non-hydrogen) atoms. The molecule has 1 heterocycles. The Morgan fingerprint density at radius 1 is 1.30 bits per heavy atom. The van der Waals surface area contributed by atoms with Gasteiger partial charge in [0.25, 0.3) is 5.91 Å². The predicted molar refractivity (Wildman–Crippen MR) is 88.4 cm³/mol. The van der Waals surface area contributed by atoms with E-state index in [2.05, 4.69) is 10.1 Å². The minimum Gasteiger partial charge on any atom is -0.451 e. The Morgan fingerprint density at radius 3 is 2.44 bits per heavy atom. The fourth-order valence-corrected chi connectivity index (χ4v) is 4.79. The molecular formula is C18H25F3N2O4. The number of esters is 1. The maximum atomic E-state index is 13.0. The van der Waals surface area contributed by atoms with E-state index >= 15 is 0 Å². The predicted octanol–water partition coefficient (Wildman–Crippen LogP) is 3.01. The number of nitrogens with zero attached hydrogens (tertiary/aromatic N) is 1. The molecule has 3 rings (SSSR count). The molecular weight excluding hydrogens is 365 g/mol. The first-order chi connectivity index (χ1) is 12.3. The highest BCUT2D eigenvalue weighted by Gasteiger charge is 2.57. The molecule has 0 aromatic rings. The van der Waals surface area contributed by atoms with Crippen molar-refractivity contribution in [1.29, 1.82) is 0 Å². The van der Waals surface area contributed by atoms with Gasteiger partial charge in [0.15, 0.2) is 6.10 Å². The molecule has 3 amide bonds. The Morgan fingerprint density at radius 2 is 1.93 bits per heavy atom. The van der Waals surface area contributed by atoms with Gasteiger partial charge in [-0.1, -0.05) is 20.8 Å². The Hall–Kier alpha value is -1.80. The first-order valence-corrected chi connectivity index (χ1v) is 9.23. The summed E-state index contributed by atoms with van der Waals surface area (Å²) in [7, 11) is 0. The van der Waals surface area contributed by atoms with Crippen molar-refractivity contribution in [3.8, 4) is 0 Å². The van der Waals surface area contributed by atoms with Crippen LogP contribution in [0.1, 0.15) is 52.9 Å². The van der Waals surface area contributed by atoms with Crippen LogP contribution in [0, 0.1) is 17.3 Å². The van der Waals surface area contributed by atoms with Crippen LogP contribution in [0.4, 0.5) is 18.0 Å². The van der Waals surface area contributed by atoms with E-state index in [0.717, 1.165) is 6.42 Å². The number of imide groups is 1. The monoisotopic (exact) mass is 390 g/mol. The molecule has 1 aliphatic heterocycles. The van der Waals surface area contributed by atoms with Crippen molar-refractivity contribution in [1.82, 2.24) is 10.2 Å². The van der Waals surface area contributed by atoms with Crippen molar-refractivity contribution in [3.05, 3.63) is 0 Å². The molecule has 1 spiro atoms. The van der Waals surface area contributed by atoms with Gasteiger partial charge in [0.1, 0.15) is 12.1 Å². The number of carbonyl (C=O) groups is 3. The lowest BCUT2D eigenvalue weighted by molar-refractivity contribution is -0.226. The van der Waals surface area contributed by atoms with Crippen molar-refractivity contribution in [3.63, 3.8) is 0 Å². The zero-order valence-electron chi connectivity index (χ0n) is 15.7. The highest BCUT2D eigenvalue weighted by molar-refractivity contribution is 6.08. The summed E-state index contributed by atoms with van der Waals surface area (Å²) in [6.45, 7) is 5.19. The van der Waals surface area contributed by atoms with Gasteiger partial charge in [-0.15, -0.1) is 0 Å². The summed E-state index contributed by atoms with van der Waals surface area (Å²) in [6.07, 6.45) is -4.37. The highest BCUT2D eigenvalue weighted by Crippen LogP contribution is 2.46. The number of nitrogens with one attached hydrogen (secondary N) is 1. The lowest BCUT2D eigenvalue weighted by Crippen LogP contribution is -2.54. The summed E-state index contributed by atoms with van der Waals surface area (Å²) < 4.78 is 43.6. The van der Waals surface area contributed by atoms with Crippen LogP contribution in [0.5, 0.6) is 0 Å². The van der Waals surface area contributed by atoms with Gasteiger partial charge in [0, 0.05) is 5.92 Å². The number of halogens is 3. The SMILES string of the molecule is C[C@@H]1CC(C)(C)C[C@@]2(C1)NC(=O)N(CC(=O)O[C@@H](C1CC1)C(F)(F)F)C2=O. The van der Waals surface area contributed by atoms with E-state index < -0.39 is 48.2 Å². The number of carbonyl (C=O) groups excluding carboxylic acids is 3. The molecule has 0 aromatic heterocycles. The molecule has 0 aromatic carbocycles. The zero-order chi connectivity index (χ0) is 20.2. The summed E-state index contributed by atoms with van der Waals surface area (Å²) in [5.74, 6) is -2.32. The summed E-state index contributed by atoms with van der Waals surface area (Å²) in [6, 6.07) is -0.753. The summed E-state index contributed by atoms with van der Waals surface area (Å²) in [5.41, 5.74) is -1.27. The maximum Gasteiger partial charge on any atom is 0.425 e. The molecule has 9 heteroatoms. The fraction of sp³-hybridized carbons (Fsp3) is 0.833. The van der Waals surface area contributed by atoms with Crippen molar-refractivity contribution >= 4 is 17.9 Å². The number of alkyl halides is 3. The third kappa shape index (κ3) is 4.06. The quantitative estimate of drug-likeness (QED) is 0.591. The Bertz CT molecular complexity index is 659. The van der Waals surface area contributed by atoms with Gasteiger partial charge in [0.2, 0.25) is 0 Å². The fourth-order valence-electron chi connectivity index (χ4n) is 4.79. The van der Waals surface area contributed by atoms with Gasteiger partial charge in [-0.2, -0.15) is 13.2 Å². The number of urea groups is 1. The van der Waals surface area contributed by atoms with Gasteiger partial charge in [-0.25, -0.2) is 4.79 Å². The Balaban J connectivity index is 1.69. The number of rotatable bonds is 4. The first-order valence-electron chi connectivity index (χ1n) is 9.23. The van der Waals surface area contributed by atoms with Gasteiger partial charge >= 0.3 is 18.2 Å². The maximum absolute atomic E-state index is 13.0. The van der Waals surface area contributed by atoms with Crippen LogP contribution in [-0.2, 0) is 14.3 Å². The number of amides is 3. The number of hydrogen-bond acceptors (Lipinski definition) is 4. The van der Waals surface area contributed by atoms with Crippen LogP contribution >= 0.6 is 0 Å². The molecule has 1 saturated heterocycles. The van der Waals surface area contributed by atoms with Crippen LogP contribution in [-0.4, -0.2) is 47.2 Å². The van der Waals surface area contributed by atoms with Crippen LogP contribution in [0.2, 0.25) is 0 Å². The Labute approximate surface area is 155 Å². The van der Waals surface area contributed by atoms with Gasteiger partial charge < -0.3 is 10.1 Å². The summed E-state index contributed by atoms with van der Waals surface area (Å²) >= 11 is 0. The molecule has 3 atom stereocenters. The van der Waals surface area contributed by atoms with E-state index in [1.165, 1.54) is 0 Å². The second kappa shape index (κ2) is 6.38. The van der Waals surface area contributed by atoms with Crippen molar-refractivity contribution in [2.45, 2.75) is 70.7 Å². The van der Waals surface area contributed by atoms with Gasteiger partial charge in [-0.05, 0) is 43.4 Å². The standard InChI is InChI=1S/C18H25F3N2O4/c1-10-6-16(2,3)9-17(7-10)14(25)23(15(26)22-17)8-12(24)27-13(11-4-5-11)18(19,20)21/h10-11,13H,4-9H2,1-3H3,(H,22,26)/t10-,13+,17-/m1/s1. The molecule has 0 radical (unpaired) electrons. The summed E-state index contributed by atoms with van der Waals surface area (Å²) in [5, 5.41) is 2.69. The van der Waals surface area contributed by atoms with E-state index in [1.807, 2.05) is 20.8 Å². The second-order valence-electron chi connectivity index (χ2n) is 9.05. The molecule has 1 N–H and O–H groups in total. The lowest BCUT2D eigenvalue weighted by Gasteiger charge is -2.43. The number of hydrogen-bond donors (Lipinski definition) is 1. The van der Waals surface area contributed by atoms with Crippen molar-refractivity contribution in [2.24, 2.45) is 17.3 Å². The zero-order valence-corrected chi connectivity index (χ0v) is 15.7. The topological polar surface area (TPSA) is 75.7 Å². The van der Waals surface area contributed by atoms with Crippen molar-refractivity contribution in [2.75, 3.05) is 6.54 Å². The molecule has 0 unspecified atom stereocenters. The van der Waals surface area contributed by atoms with E-state index in [0.29, 0.717) is 30.6 Å². The van der Waals surface area contributed by atoms with Crippen LogP contribution in [0.3, 0.4) is 0 Å². The molecule has 3 aliphatic rings. The minimum absolute atomic E-state index is 0.176. The molecule has 2 saturated carbocycles. The first kappa shape index (κ1) is 19.9. The third-order valence-electron chi connectivity index (χ3n) is 5.54. The van der Waals surface area contributed by atoms with Crippen LogP contribution in [0.15, 0.2) is 0 Å².